The fraction of sp³-hybridized carbons (Fsp3) is 0.444. The van der Waals surface area contributed by atoms with Crippen LogP contribution in [0.25, 0.3) is 11.1 Å². The summed E-state index contributed by atoms with van der Waals surface area (Å²) in [4.78, 5) is 39.0. The third kappa shape index (κ3) is 4.16. The number of carboxylic acids is 1. The summed E-state index contributed by atoms with van der Waals surface area (Å²) in [7, 11) is 1.42. The van der Waals surface area contributed by atoms with Gasteiger partial charge in [-0.1, -0.05) is 48.5 Å². The van der Waals surface area contributed by atoms with E-state index in [9.17, 15) is 19.5 Å². The molecule has 5 rings (SSSR count). The minimum absolute atomic E-state index is 0.0361. The lowest BCUT2D eigenvalue weighted by Gasteiger charge is -2.35. The van der Waals surface area contributed by atoms with E-state index in [2.05, 4.69) is 29.6 Å². The Morgan fingerprint density at radius 1 is 1.06 bits per heavy atom. The summed E-state index contributed by atoms with van der Waals surface area (Å²) in [6, 6.07) is 16.3. The van der Waals surface area contributed by atoms with Gasteiger partial charge in [-0.3, -0.25) is 9.59 Å². The zero-order valence-corrected chi connectivity index (χ0v) is 19.7. The molecule has 2 bridgehead atoms. The Labute approximate surface area is 204 Å². The van der Waals surface area contributed by atoms with Gasteiger partial charge in [-0.15, -0.1) is 0 Å². The molecular formula is C27H30N2O6. The molecule has 8 nitrogen and oxygen atoms in total. The van der Waals surface area contributed by atoms with E-state index >= 15 is 0 Å². The Kier molecular flexibility index (Phi) is 6.23. The normalized spacial score (nSPS) is 23.0. The molecule has 0 spiro atoms. The molecular weight excluding hydrogens is 448 g/mol. The van der Waals surface area contributed by atoms with Crippen molar-refractivity contribution in [2.24, 2.45) is 0 Å². The van der Waals surface area contributed by atoms with E-state index < -0.39 is 23.7 Å². The minimum Gasteiger partial charge on any atom is -0.481 e. The number of hydrogen-bond acceptors (Lipinski definition) is 5. The van der Waals surface area contributed by atoms with Gasteiger partial charge in [-0.25, -0.2) is 4.79 Å². The number of carbonyl (C=O) groups is 3. The highest BCUT2D eigenvalue weighted by atomic mass is 16.5. The molecule has 2 heterocycles. The Morgan fingerprint density at radius 3 is 2.23 bits per heavy atom. The third-order valence-electron chi connectivity index (χ3n) is 7.82. The third-order valence-corrected chi connectivity index (χ3v) is 7.82. The average molecular weight is 479 g/mol. The van der Waals surface area contributed by atoms with Crippen LogP contribution in [0, 0.1) is 0 Å². The minimum atomic E-state index is -0.906. The van der Waals surface area contributed by atoms with Crippen LogP contribution in [0.2, 0.25) is 0 Å². The monoisotopic (exact) mass is 478 g/mol. The highest BCUT2D eigenvalue weighted by Gasteiger charge is 2.55. The van der Waals surface area contributed by atoms with Crippen LogP contribution in [0.4, 0.5) is 4.79 Å². The number of fused-ring (bicyclic) bond motifs is 5. The Balaban J connectivity index is 1.20. The largest absolute Gasteiger partial charge is 0.481 e. The Hall–Kier alpha value is -3.39. The topological polar surface area (TPSA) is 105 Å². The van der Waals surface area contributed by atoms with Gasteiger partial charge in [0.25, 0.3) is 5.91 Å². The maximum atomic E-state index is 13.3. The maximum Gasteiger partial charge on any atom is 0.407 e. The molecule has 184 valence electrons. The molecule has 2 fully saturated rings. The van der Waals surface area contributed by atoms with E-state index in [1.165, 1.54) is 7.11 Å². The van der Waals surface area contributed by atoms with Gasteiger partial charge in [0.2, 0.25) is 0 Å². The van der Waals surface area contributed by atoms with Crippen LogP contribution in [0.3, 0.4) is 0 Å². The summed E-state index contributed by atoms with van der Waals surface area (Å²) in [5, 5.41) is 12.1. The fourth-order valence-electron chi connectivity index (χ4n) is 6.24. The van der Waals surface area contributed by atoms with Gasteiger partial charge in [0.05, 0.1) is 18.5 Å². The number of ether oxygens (including phenoxy) is 2. The van der Waals surface area contributed by atoms with Crippen molar-refractivity contribution in [3.8, 4) is 11.1 Å². The van der Waals surface area contributed by atoms with Crippen LogP contribution in [0.5, 0.6) is 0 Å². The molecule has 1 unspecified atom stereocenters. The predicted octanol–water partition coefficient (Wildman–Crippen LogP) is 3.54. The molecule has 0 aromatic heterocycles. The Morgan fingerprint density at radius 2 is 1.66 bits per heavy atom. The fourth-order valence-corrected chi connectivity index (χ4v) is 6.24. The predicted molar refractivity (Wildman–Crippen MR) is 128 cm³/mol. The van der Waals surface area contributed by atoms with Crippen molar-refractivity contribution in [2.75, 3.05) is 20.3 Å². The van der Waals surface area contributed by atoms with Gasteiger partial charge in [0, 0.05) is 19.1 Å². The van der Waals surface area contributed by atoms with Crippen molar-refractivity contribution in [1.29, 1.82) is 0 Å². The van der Waals surface area contributed by atoms with Gasteiger partial charge in [0.1, 0.15) is 6.61 Å². The second-order valence-corrected chi connectivity index (χ2v) is 9.67. The molecule has 1 atom stereocenters. The summed E-state index contributed by atoms with van der Waals surface area (Å²) in [5.41, 5.74) is 3.91. The Bertz CT molecular complexity index is 1090. The SMILES string of the molecule is COC(CNC(=O)OCC1c2ccccc2-c2ccccc21)C(=O)N1C2CCC1(CC(=O)O)CC2. The van der Waals surface area contributed by atoms with Crippen molar-refractivity contribution in [1.82, 2.24) is 10.2 Å². The van der Waals surface area contributed by atoms with Crippen LogP contribution in [-0.4, -0.2) is 65.9 Å². The molecule has 0 saturated carbocycles. The molecule has 2 aromatic carbocycles. The van der Waals surface area contributed by atoms with Crippen LogP contribution < -0.4 is 5.32 Å². The van der Waals surface area contributed by atoms with E-state index in [4.69, 9.17) is 9.47 Å². The zero-order valence-electron chi connectivity index (χ0n) is 19.7. The number of methoxy groups -OCH3 is 1. The first kappa shape index (κ1) is 23.4. The van der Waals surface area contributed by atoms with E-state index in [0.29, 0.717) is 12.8 Å². The number of aliphatic carboxylic acids is 1. The summed E-state index contributed by atoms with van der Waals surface area (Å²) >= 11 is 0. The zero-order chi connectivity index (χ0) is 24.6. The first-order valence-corrected chi connectivity index (χ1v) is 12.1. The van der Waals surface area contributed by atoms with Crippen LogP contribution in [-0.2, 0) is 19.1 Å². The summed E-state index contributed by atoms with van der Waals surface area (Å²) < 4.78 is 11.0. The number of carbonyl (C=O) groups excluding carboxylic acids is 2. The number of hydrogen-bond donors (Lipinski definition) is 2. The number of nitrogens with one attached hydrogen (secondary N) is 1. The molecule has 2 aromatic rings. The van der Waals surface area contributed by atoms with E-state index in [1.807, 2.05) is 24.3 Å². The molecule has 2 amide bonds. The first-order valence-electron chi connectivity index (χ1n) is 12.1. The first-order chi connectivity index (χ1) is 16.9. The molecule has 2 saturated heterocycles. The average Bonchev–Trinajstić information content (AvgIpc) is 3.49. The van der Waals surface area contributed by atoms with Crippen molar-refractivity contribution in [3.05, 3.63) is 59.7 Å². The molecule has 1 aliphatic carbocycles. The highest BCUT2D eigenvalue weighted by molar-refractivity contribution is 5.85. The number of amides is 2. The smallest absolute Gasteiger partial charge is 0.407 e. The quantitative estimate of drug-likeness (QED) is 0.601. The van der Waals surface area contributed by atoms with Gasteiger partial charge in [-0.2, -0.15) is 0 Å². The van der Waals surface area contributed by atoms with Gasteiger partial charge < -0.3 is 24.8 Å². The number of alkyl carbamates (subject to hydrolysis) is 1. The number of nitrogens with zero attached hydrogens (tertiary/aromatic N) is 1. The van der Waals surface area contributed by atoms with Gasteiger partial charge in [0.15, 0.2) is 6.10 Å². The van der Waals surface area contributed by atoms with Crippen LogP contribution >= 0.6 is 0 Å². The second-order valence-electron chi connectivity index (χ2n) is 9.67. The van der Waals surface area contributed by atoms with Crippen molar-refractivity contribution < 1.29 is 29.0 Å². The lowest BCUT2D eigenvalue weighted by Crippen LogP contribution is -2.53. The molecule has 3 aliphatic rings. The van der Waals surface area contributed by atoms with Crippen molar-refractivity contribution >= 4 is 18.0 Å². The number of rotatable bonds is 8. The molecule has 35 heavy (non-hydrogen) atoms. The molecule has 0 radical (unpaired) electrons. The van der Waals surface area contributed by atoms with Gasteiger partial charge in [-0.05, 0) is 47.9 Å². The lowest BCUT2D eigenvalue weighted by atomic mass is 9.85. The second kappa shape index (κ2) is 9.34. The van der Waals surface area contributed by atoms with Crippen LogP contribution in [0.15, 0.2) is 48.5 Å². The molecule has 2 aliphatic heterocycles. The summed E-state index contributed by atoms with van der Waals surface area (Å²) in [5.74, 6) is -1.23. The molecule has 8 heteroatoms. The summed E-state index contributed by atoms with van der Waals surface area (Å²) in [6.07, 6.45) is 1.39. The van der Waals surface area contributed by atoms with E-state index in [-0.39, 0.29) is 37.4 Å². The van der Waals surface area contributed by atoms with Crippen LogP contribution in [0.1, 0.15) is 49.1 Å². The summed E-state index contributed by atoms with van der Waals surface area (Å²) in [6.45, 7) is 0.139. The molecule has 2 N–H and O–H groups in total. The number of carboxylic acid groups (broad SMARTS) is 1. The van der Waals surface area contributed by atoms with E-state index in [0.717, 1.165) is 35.1 Å². The maximum absolute atomic E-state index is 13.3. The van der Waals surface area contributed by atoms with Crippen molar-refractivity contribution in [3.63, 3.8) is 0 Å². The number of benzene rings is 2. The highest BCUT2D eigenvalue weighted by Crippen LogP contribution is 2.49. The lowest BCUT2D eigenvalue weighted by molar-refractivity contribution is -0.149. The standard InChI is InChI=1S/C27H30N2O6/c1-34-23(25(32)29-17-10-12-27(29,13-11-17)14-24(30)31)15-28-26(33)35-16-22-20-8-4-2-6-18(20)19-7-3-5-9-21(19)22/h2-9,17,22-23H,10-16H2,1H3,(H,28,33)(H,30,31). The van der Waals surface area contributed by atoms with Crippen molar-refractivity contribution in [2.45, 2.75) is 55.7 Å². The van der Waals surface area contributed by atoms with E-state index in [1.54, 1.807) is 4.90 Å². The van der Waals surface area contributed by atoms with Gasteiger partial charge >= 0.3 is 12.1 Å².